The lowest BCUT2D eigenvalue weighted by atomic mass is 9.70. The topological polar surface area (TPSA) is 32.8 Å². The molecule has 0 atom stereocenters. The molecule has 0 radical (unpaired) electrons. The zero-order chi connectivity index (χ0) is 27.9. The maximum Gasteiger partial charge on any atom is 0.510 e. The lowest BCUT2D eigenvalue weighted by Crippen LogP contribution is -2.49. The monoisotopic (exact) mass is 531 g/mol. The summed E-state index contributed by atoms with van der Waals surface area (Å²) < 4.78 is 47.6. The molecule has 0 unspecified atom stereocenters. The molecule has 3 aromatic rings. The summed E-state index contributed by atoms with van der Waals surface area (Å²) in [5.41, 5.74) is 6.12. The molecule has 1 saturated heterocycles. The van der Waals surface area contributed by atoms with Gasteiger partial charge < -0.3 is 22.6 Å². The van der Waals surface area contributed by atoms with E-state index in [1.807, 2.05) is 24.3 Å². The van der Waals surface area contributed by atoms with Crippen LogP contribution in [0.3, 0.4) is 0 Å². The third kappa shape index (κ3) is 4.92. The molecule has 4 nitrogen and oxygen atoms in total. The van der Waals surface area contributed by atoms with Crippen molar-refractivity contribution in [3.8, 4) is 23.5 Å². The van der Waals surface area contributed by atoms with Crippen LogP contribution in [-0.2, 0) is 11.3 Å². The zero-order valence-electron chi connectivity index (χ0n) is 22.4. The second-order valence-corrected chi connectivity index (χ2v) is 10.4. The molecule has 0 spiro atoms. The first-order valence-electron chi connectivity index (χ1n) is 13.2. The molecule has 0 aromatic heterocycles. The Morgan fingerprint density at radius 1 is 0.923 bits per heavy atom. The smallest absolute Gasteiger partial charge is 0.448 e. The van der Waals surface area contributed by atoms with Crippen LogP contribution in [0, 0.1) is 33.1 Å². The maximum absolute atomic E-state index is 13.9. The third-order valence-electron chi connectivity index (χ3n) is 8.28. The summed E-state index contributed by atoms with van der Waals surface area (Å²) in [4.78, 5) is 16.7. The summed E-state index contributed by atoms with van der Waals surface area (Å²) in [5.74, 6) is 2.47. The molecule has 3 aromatic carbocycles. The summed E-state index contributed by atoms with van der Waals surface area (Å²) in [6, 6.07) is 16.4. The van der Waals surface area contributed by atoms with E-state index in [1.165, 1.54) is 25.0 Å². The van der Waals surface area contributed by atoms with Gasteiger partial charge in [-0.2, -0.15) is 0 Å². The quantitative estimate of drug-likeness (QED) is 0.312. The van der Waals surface area contributed by atoms with E-state index in [4.69, 9.17) is 11.2 Å². The highest BCUT2D eigenvalue weighted by Gasteiger charge is 2.33. The Morgan fingerprint density at radius 3 is 2.03 bits per heavy atom. The number of rotatable bonds is 5. The Kier molecular flexibility index (Phi) is 7.22. The number of carbonyl (C=O) groups is 1. The van der Waals surface area contributed by atoms with Crippen LogP contribution in [-0.4, -0.2) is 55.7 Å². The van der Waals surface area contributed by atoms with Crippen molar-refractivity contribution >= 4 is 18.5 Å². The molecule has 1 aliphatic heterocycles. The first-order valence-corrected chi connectivity index (χ1v) is 13.2. The number of piperazine rings is 1. The minimum atomic E-state index is -5.19. The van der Waals surface area contributed by atoms with E-state index < -0.39 is 12.4 Å². The molecule has 0 saturated carbocycles. The van der Waals surface area contributed by atoms with Crippen LogP contribution < -0.4 is 5.46 Å². The number of hydrogen-bond donors (Lipinski definition) is 0. The summed E-state index contributed by atoms with van der Waals surface area (Å²) in [7, 11) is 0. The molecule has 8 heteroatoms. The molecular weight excluding hydrogens is 500 g/mol. The number of amides is 1. The second kappa shape index (κ2) is 10.5. The fraction of sp³-hybridized carbons (Fsp3) is 0.323. The predicted octanol–water partition coefficient (Wildman–Crippen LogP) is 5.71. The molecule has 5 rings (SSSR count). The molecule has 0 bridgehead atoms. The number of ether oxygens (including phenoxy) is 1. The second-order valence-electron chi connectivity index (χ2n) is 10.4. The van der Waals surface area contributed by atoms with E-state index in [0.29, 0.717) is 43.9 Å². The molecule has 2 aliphatic rings. The number of nitrogens with zero attached hydrogens (tertiary/aromatic N) is 2. The van der Waals surface area contributed by atoms with E-state index in [0.717, 1.165) is 16.7 Å². The van der Waals surface area contributed by atoms with Gasteiger partial charge in [0, 0.05) is 44.2 Å². The van der Waals surface area contributed by atoms with Crippen molar-refractivity contribution in [3.63, 3.8) is 0 Å². The van der Waals surface area contributed by atoms with E-state index >= 15 is 0 Å². The van der Waals surface area contributed by atoms with Crippen LogP contribution >= 0.6 is 0 Å². The summed E-state index contributed by atoms with van der Waals surface area (Å²) >= 11 is 0. The Balaban J connectivity index is 1.24. The van der Waals surface area contributed by atoms with Gasteiger partial charge in [-0.1, -0.05) is 65.6 Å². The summed E-state index contributed by atoms with van der Waals surface area (Å²) in [6.07, 6.45) is 5.25. The Hall–Kier alpha value is -3.70. The van der Waals surface area contributed by atoms with Crippen LogP contribution in [0.5, 0.6) is 0 Å². The van der Waals surface area contributed by atoms with E-state index in [9.17, 15) is 17.7 Å². The van der Waals surface area contributed by atoms with Crippen LogP contribution in [0.4, 0.5) is 17.7 Å². The van der Waals surface area contributed by atoms with Gasteiger partial charge in [0.1, 0.15) is 6.61 Å². The zero-order valence-corrected chi connectivity index (χ0v) is 22.4. The van der Waals surface area contributed by atoms with Crippen LogP contribution in [0.25, 0.3) is 11.1 Å². The molecule has 202 valence electrons. The Bertz CT molecular complexity index is 1420. The molecular formula is C31H31BF3N2O2-. The van der Waals surface area contributed by atoms with Crippen LogP contribution in [0.1, 0.15) is 44.9 Å². The van der Waals surface area contributed by atoms with Crippen molar-refractivity contribution in [2.45, 2.75) is 33.2 Å². The average molecular weight is 531 g/mol. The number of fused-ring (bicyclic) bond motifs is 3. The van der Waals surface area contributed by atoms with E-state index in [-0.39, 0.29) is 29.7 Å². The largest absolute Gasteiger partial charge is 0.510 e. The highest BCUT2D eigenvalue weighted by molar-refractivity contribution is 6.74. The fourth-order valence-corrected chi connectivity index (χ4v) is 6.23. The predicted molar refractivity (Wildman–Crippen MR) is 149 cm³/mol. The normalized spacial score (nSPS) is 15.6. The molecule has 1 fully saturated rings. The van der Waals surface area contributed by atoms with Crippen LogP contribution in [0.2, 0.25) is 0 Å². The standard InChI is InChI=1S/C31H31BF3N2O2/c1-5-23-20(2)28(22(4)30(21(23)3)32(33,34)35)18-36-14-16-37(17-15-36)31(38)39-19-29-26-12-8-6-10-24(26)25-11-7-9-13-27(25)29/h1,6-13,29H,14-19H2,2-4H3/q-1. The van der Waals surface area contributed by atoms with Gasteiger partial charge in [0.25, 0.3) is 0 Å². The summed E-state index contributed by atoms with van der Waals surface area (Å²) in [6.45, 7) is 2.16. The van der Waals surface area contributed by atoms with E-state index in [2.05, 4.69) is 35.1 Å². The number of terminal acetylenes is 1. The minimum absolute atomic E-state index is 0.00935. The van der Waals surface area contributed by atoms with Crippen molar-refractivity contribution in [2.24, 2.45) is 0 Å². The van der Waals surface area contributed by atoms with Crippen molar-refractivity contribution in [1.82, 2.24) is 9.80 Å². The summed E-state index contributed by atoms with van der Waals surface area (Å²) in [5, 5.41) is 0. The van der Waals surface area contributed by atoms with Crippen molar-refractivity contribution in [3.05, 3.63) is 87.5 Å². The van der Waals surface area contributed by atoms with Gasteiger partial charge in [0.15, 0.2) is 0 Å². The maximum atomic E-state index is 13.9. The first-order chi connectivity index (χ1) is 18.6. The molecule has 1 amide bonds. The number of carbonyl (C=O) groups excluding carboxylic acids is 1. The molecule has 0 N–H and O–H groups in total. The number of benzene rings is 3. The number of hydrogen-bond acceptors (Lipinski definition) is 3. The lowest BCUT2D eigenvalue weighted by molar-refractivity contribution is 0.0727. The fourth-order valence-electron chi connectivity index (χ4n) is 6.23. The van der Waals surface area contributed by atoms with Gasteiger partial charge in [0.2, 0.25) is 0 Å². The van der Waals surface area contributed by atoms with Gasteiger partial charge in [-0.15, -0.1) is 11.9 Å². The average Bonchev–Trinajstić information content (AvgIpc) is 3.23. The first kappa shape index (κ1) is 26.9. The minimum Gasteiger partial charge on any atom is -0.448 e. The Morgan fingerprint density at radius 2 is 1.49 bits per heavy atom. The highest BCUT2D eigenvalue weighted by Crippen LogP contribution is 2.44. The van der Waals surface area contributed by atoms with Gasteiger partial charge in [-0.25, -0.2) is 4.79 Å². The van der Waals surface area contributed by atoms with Gasteiger partial charge in [-0.3, -0.25) is 4.90 Å². The lowest BCUT2D eigenvalue weighted by Gasteiger charge is -2.36. The van der Waals surface area contributed by atoms with Crippen molar-refractivity contribution in [1.29, 1.82) is 0 Å². The molecule has 1 heterocycles. The van der Waals surface area contributed by atoms with Crippen molar-refractivity contribution in [2.75, 3.05) is 32.8 Å². The molecule has 39 heavy (non-hydrogen) atoms. The molecule has 1 aliphatic carbocycles. The van der Waals surface area contributed by atoms with Gasteiger partial charge >= 0.3 is 13.1 Å². The number of halogens is 3. The highest BCUT2D eigenvalue weighted by atomic mass is 19.4. The third-order valence-corrected chi connectivity index (χ3v) is 8.28. The Labute approximate surface area is 227 Å². The van der Waals surface area contributed by atoms with Crippen LogP contribution in [0.15, 0.2) is 48.5 Å². The SMILES string of the molecule is C#Cc1c(C)c(CN2CCN(C(=O)OCC3c4ccccc4-c4ccccc43)CC2)c(C)c([B-](F)(F)F)c1C. The van der Waals surface area contributed by atoms with E-state index in [1.54, 1.807) is 11.8 Å². The van der Waals surface area contributed by atoms with Crippen molar-refractivity contribution < 1.29 is 22.5 Å². The van der Waals surface area contributed by atoms with Gasteiger partial charge in [-0.05, 0) is 54.2 Å². The van der Waals surface area contributed by atoms with Gasteiger partial charge in [0.05, 0.1) is 0 Å².